The van der Waals surface area contributed by atoms with Crippen LogP contribution in [0.5, 0.6) is 0 Å². The first kappa shape index (κ1) is 14.4. The number of pyridine rings is 1. The van der Waals surface area contributed by atoms with Gasteiger partial charge in [0, 0.05) is 17.8 Å². The number of carbonyl (C=O) groups excluding carboxylic acids is 1. The SMILES string of the molecule is O=C(NC1(C(=O)O)CCCCCC1)c1ccnc(F)c1. The molecule has 0 radical (unpaired) electrons. The average molecular weight is 280 g/mol. The molecule has 0 unspecified atom stereocenters. The van der Waals surface area contributed by atoms with Crippen molar-refractivity contribution in [3.63, 3.8) is 0 Å². The first-order chi connectivity index (χ1) is 9.53. The van der Waals surface area contributed by atoms with Crippen LogP contribution in [0.4, 0.5) is 4.39 Å². The molecule has 1 aliphatic rings. The fraction of sp³-hybridized carbons (Fsp3) is 0.500. The molecule has 5 nitrogen and oxygen atoms in total. The quantitative estimate of drug-likeness (QED) is 0.656. The number of rotatable bonds is 3. The second kappa shape index (κ2) is 5.98. The molecule has 1 aliphatic carbocycles. The maximum atomic E-state index is 13.0. The fourth-order valence-corrected chi connectivity index (χ4v) is 2.56. The van der Waals surface area contributed by atoms with Crippen LogP contribution in [0.3, 0.4) is 0 Å². The van der Waals surface area contributed by atoms with E-state index < -0.39 is 23.4 Å². The van der Waals surface area contributed by atoms with Crippen LogP contribution in [0.1, 0.15) is 48.9 Å². The van der Waals surface area contributed by atoms with Crippen molar-refractivity contribution in [3.8, 4) is 0 Å². The number of nitrogens with zero attached hydrogens (tertiary/aromatic N) is 1. The lowest BCUT2D eigenvalue weighted by Gasteiger charge is -2.29. The van der Waals surface area contributed by atoms with Gasteiger partial charge < -0.3 is 10.4 Å². The molecule has 1 amide bonds. The van der Waals surface area contributed by atoms with E-state index in [1.54, 1.807) is 0 Å². The van der Waals surface area contributed by atoms with Gasteiger partial charge in [-0.1, -0.05) is 25.7 Å². The van der Waals surface area contributed by atoms with Crippen molar-refractivity contribution in [1.29, 1.82) is 0 Å². The van der Waals surface area contributed by atoms with E-state index in [0.29, 0.717) is 12.8 Å². The van der Waals surface area contributed by atoms with E-state index in [-0.39, 0.29) is 5.56 Å². The molecule has 20 heavy (non-hydrogen) atoms. The lowest BCUT2D eigenvalue weighted by Crippen LogP contribution is -2.54. The fourth-order valence-electron chi connectivity index (χ4n) is 2.56. The Hall–Kier alpha value is -1.98. The van der Waals surface area contributed by atoms with Gasteiger partial charge in [-0.2, -0.15) is 4.39 Å². The molecule has 0 atom stereocenters. The summed E-state index contributed by atoms with van der Waals surface area (Å²) in [6.07, 6.45) is 5.45. The summed E-state index contributed by atoms with van der Waals surface area (Å²) in [5, 5.41) is 12.0. The number of carboxylic acid groups (broad SMARTS) is 1. The summed E-state index contributed by atoms with van der Waals surface area (Å²) in [6.45, 7) is 0. The predicted molar refractivity (Wildman–Crippen MR) is 69.7 cm³/mol. The van der Waals surface area contributed by atoms with E-state index in [0.717, 1.165) is 31.7 Å². The largest absolute Gasteiger partial charge is 0.480 e. The molecule has 2 rings (SSSR count). The van der Waals surface area contributed by atoms with Crippen LogP contribution in [0.25, 0.3) is 0 Å². The molecule has 1 fully saturated rings. The van der Waals surface area contributed by atoms with E-state index in [9.17, 15) is 19.1 Å². The highest BCUT2D eigenvalue weighted by Crippen LogP contribution is 2.27. The van der Waals surface area contributed by atoms with Crippen LogP contribution in [-0.4, -0.2) is 27.5 Å². The van der Waals surface area contributed by atoms with Gasteiger partial charge in [-0.05, 0) is 18.9 Å². The van der Waals surface area contributed by atoms with Gasteiger partial charge in [0.15, 0.2) is 0 Å². The van der Waals surface area contributed by atoms with Crippen LogP contribution in [0.2, 0.25) is 0 Å². The Labute approximate surface area is 116 Å². The van der Waals surface area contributed by atoms with Gasteiger partial charge in [-0.25, -0.2) is 9.78 Å². The smallest absolute Gasteiger partial charge is 0.329 e. The number of halogens is 1. The molecule has 0 saturated heterocycles. The maximum absolute atomic E-state index is 13.0. The maximum Gasteiger partial charge on any atom is 0.329 e. The Morgan fingerprint density at radius 2 is 1.90 bits per heavy atom. The average Bonchev–Trinajstić information content (AvgIpc) is 2.65. The van der Waals surface area contributed by atoms with Gasteiger partial charge in [-0.3, -0.25) is 4.79 Å². The van der Waals surface area contributed by atoms with Crippen molar-refractivity contribution in [2.45, 2.75) is 44.1 Å². The minimum Gasteiger partial charge on any atom is -0.480 e. The molecule has 6 heteroatoms. The van der Waals surface area contributed by atoms with Gasteiger partial charge in [0.25, 0.3) is 5.91 Å². The third-order valence-corrected chi connectivity index (χ3v) is 3.71. The van der Waals surface area contributed by atoms with Crippen LogP contribution >= 0.6 is 0 Å². The zero-order chi connectivity index (χ0) is 14.6. The molecule has 0 bridgehead atoms. The lowest BCUT2D eigenvalue weighted by molar-refractivity contribution is -0.145. The molecule has 0 aliphatic heterocycles. The molecule has 1 aromatic rings. The van der Waals surface area contributed by atoms with E-state index in [1.807, 2.05) is 0 Å². The number of aliphatic carboxylic acids is 1. The van der Waals surface area contributed by atoms with Crippen LogP contribution < -0.4 is 5.32 Å². The number of amides is 1. The summed E-state index contributed by atoms with van der Waals surface area (Å²) in [7, 11) is 0. The zero-order valence-corrected chi connectivity index (χ0v) is 11.1. The normalized spacial score (nSPS) is 18.1. The Morgan fingerprint density at radius 3 is 2.45 bits per heavy atom. The minimum atomic E-state index is -1.24. The van der Waals surface area contributed by atoms with Crippen LogP contribution in [-0.2, 0) is 4.79 Å². The molecule has 1 aromatic heterocycles. The molecular formula is C14H17FN2O3. The number of carboxylic acids is 1. The van der Waals surface area contributed by atoms with E-state index in [4.69, 9.17) is 0 Å². The Kier molecular flexibility index (Phi) is 4.32. The summed E-state index contributed by atoms with van der Waals surface area (Å²) < 4.78 is 13.0. The molecule has 0 spiro atoms. The van der Waals surface area contributed by atoms with Crippen molar-refractivity contribution < 1.29 is 19.1 Å². The molecule has 1 heterocycles. The molecule has 0 aromatic carbocycles. The Balaban J connectivity index is 2.19. The third-order valence-electron chi connectivity index (χ3n) is 3.71. The summed E-state index contributed by atoms with van der Waals surface area (Å²) in [6, 6.07) is 2.37. The van der Waals surface area contributed by atoms with Crippen molar-refractivity contribution in [2.24, 2.45) is 0 Å². The Bertz CT molecular complexity index is 511. The van der Waals surface area contributed by atoms with Gasteiger partial charge in [0.05, 0.1) is 0 Å². The number of carbonyl (C=O) groups is 2. The third kappa shape index (κ3) is 3.12. The standard InChI is InChI=1S/C14H17FN2O3/c15-11-9-10(5-8-16-11)12(18)17-14(13(19)20)6-3-1-2-4-7-14/h5,8-9H,1-4,6-7H2,(H,17,18)(H,19,20). The molecule has 1 saturated carbocycles. The highest BCUT2D eigenvalue weighted by atomic mass is 19.1. The first-order valence-corrected chi connectivity index (χ1v) is 6.71. The van der Waals surface area contributed by atoms with Crippen molar-refractivity contribution in [3.05, 3.63) is 29.8 Å². The highest BCUT2D eigenvalue weighted by molar-refractivity contribution is 5.97. The molecular weight excluding hydrogens is 263 g/mol. The Morgan fingerprint density at radius 1 is 1.25 bits per heavy atom. The van der Waals surface area contributed by atoms with E-state index in [2.05, 4.69) is 10.3 Å². The van der Waals surface area contributed by atoms with Crippen molar-refractivity contribution >= 4 is 11.9 Å². The zero-order valence-electron chi connectivity index (χ0n) is 11.1. The number of hydrogen-bond donors (Lipinski definition) is 2. The van der Waals surface area contributed by atoms with Gasteiger partial charge in [0.1, 0.15) is 5.54 Å². The summed E-state index contributed by atoms with van der Waals surface area (Å²) in [5.74, 6) is -2.36. The second-order valence-corrected chi connectivity index (χ2v) is 5.12. The van der Waals surface area contributed by atoms with Gasteiger partial charge >= 0.3 is 5.97 Å². The van der Waals surface area contributed by atoms with E-state index >= 15 is 0 Å². The van der Waals surface area contributed by atoms with Crippen LogP contribution in [0, 0.1) is 5.95 Å². The summed E-state index contributed by atoms with van der Waals surface area (Å²) in [4.78, 5) is 27.1. The summed E-state index contributed by atoms with van der Waals surface area (Å²) >= 11 is 0. The van der Waals surface area contributed by atoms with Crippen LogP contribution in [0.15, 0.2) is 18.3 Å². The van der Waals surface area contributed by atoms with Crippen molar-refractivity contribution in [1.82, 2.24) is 10.3 Å². The highest BCUT2D eigenvalue weighted by Gasteiger charge is 2.40. The predicted octanol–water partition coefficient (Wildman–Crippen LogP) is 2.13. The first-order valence-electron chi connectivity index (χ1n) is 6.71. The number of nitrogens with one attached hydrogen (secondary N) is 1. The topological polar surface area (TPSA) is 79.3 Å². The van der Waals surface area contributed by atoms with Crippen molar-refractivity contribution in [2.75, 3.05) is 0 Å². The molecule has 108 valence electrons. The second-order valence-electron chi connectivity index (χ2n) is 5.12. The number of hydrogen-bond acceptors (Lipinski definition) is 3. The van der Waals surface area contributed by atoms with Gasteiger partial charge in [-0.15, -0.1) is 0 Å². The summed E-state index contributed by atoms with van der Waals surface area (Å²) in [5.41, 5.74) is -1.16. The minimum absolute atomic E-state index is 0.0855. The number of aromatic nitrogens is 1. The molecule has 2 N–H and O–H groups in total. The lowest BCUT2D eigenvalue weighted by atomic mass is 9.90. The van der Waals surface area contributed by atoms with Gasteiger partial charge in [0.2, 0.25) is 5.95 Å². The monoisotopic (exact) mass is 280 g/mol. The van der Waals surface area contributed by atoms with E-state index in [1.165, 1.54) is 12.3 Å².